The number of hydrogen-bond acceptors (Lipinski definition) is 2. The van der Waals surface area contributed by atoms with Crippen molar-refractivity contribution in [3.05, 3.63) is 0 Å². The smallest absolute Gasteiger partial charge is 0.294 e. The van der Waals surface area contributed by atoms with Gasteiger partial charge in [0.2, 0.25) is 0 Å². The topological polar surface area (TPSA) is 79.0 Å². The molecule has 0 saturated heterocycles. The third-order valence-corrected chi connectivity index (χ3v) is 0.820. The van der Waals surface area contributed by atoms with Gasteiger partial charge >= 0.3 is 0 Å². The lowest BCUT2D eigenvalue weighted by Crippen LogP contribution is -2.29. The molecule has 0 saturated carbocycles. The molecule has 0 fully saturated rings. The number of rotatable bonds is 0. The molecule has 5 heteroatoms. The SMILES string of the molecule is N=C(N)C(=O)NI. The molecule has 1 amide bonds. The maximum Gasteiger partial charge on any atom is 0.294 e. The standard InChI is InChI=1S/C2H4IN3O/c3-6-2(7)1(4)5/h(H3,4,5)(H,6,7). The summed E-state index contributed by atoms with van der Waals surface area (Å²) < 4.78 is 2.15. The molecule has 4 nitrogen and oxygen atoms in total. The predicted molar refractivity (Wildman–Crippen MR) is 34.1 cm³/mol. The van der Waals surface area contributed by atoms with E-state index in [0.717, 1.165) is 0 Å². The van der Waals surface area contributed by atoms with Gasteiger partial charge in [0, 0.05) is 0 Å². The van der Waals surface area contributed by atoms with Crippen molar-refractivity contribution in [3.8, 4) is 0 Å². The Bertz CT molecular complexity index is 101. The fourth-order valence-electron chi connectivity index (χ4n) is 0.0509. The lowest BCUT2D eigenvalue weighted by Gasteiger charge is -1.88. The minimum atomic E-state index is -0.555. The molecule has 0 rings (SSSR count). The van der Waals surface area contributed by atoms with E-state index in [1.807, 2.05) is 0 Å². The second kappa shape index (κ2) is 2.78. The van der Waals surface area contributed by atoms with Crippen molar-refractivity contribution in [2.75, 3.05) is 0 Å². The Morgan fingerprint density at radius 1 is 1.86 bits per heavy atom. The van der Waals surface area contributed by atoms with Gasteiger partial charge in [0.15, 0.2) is 5.84 Å². The Morgan fingerprint density at radius 3 is 2.29 bits per heavy atom. The molecule has 0 heterocycles. The number of amidine groups is 1. The van der Waals surface area contributed by atoms with E-state index in [1.54, 1.807) is 22.9 Å². The molecule has 0 aliphatic carbocycles. The minimum Gasteiger partial charge on any atom is -0.380 e. The molecule has 7 heavy (non-hydrogen) atoms. The molecule has 0 spiro atoms. The van der Waals surface area contributed by atoms with Crippen molar-refractivity contribution in [1.82, 2.24) is 3.53 Å². The van der Waals surface area contributed by atoms with Crippen LogP contribution < -0.4 is 9.26 Å². The molecule has 40 valence electrons. The molecule has 0 aliphatic rings. The van der Waals surface area contributed by atoms with E-state index >= 15 is 0 Å². The second-order valence-electron chi connectivity index (χ2n) is 0.837. The summed E-state index contributed by atoms with van der Waals surface area (Å²) in [5, 5.41) is 6.46. The monoisotopic (exact) mass is 213 g/mol. The van der Waals surface area contributed by atoms with E-state index in [-0.39, 0.29) is 0 Å². The molecule has 0 aromatic rings. The van der Waals surface area contributed by atoms with Crippen LogP contribution in [0.4, 0.5) is 0 Å². The third-order valence-electron chi connectivity index (χ3n) is 0.330. The van der Waals surface area contributed by atoms with Crippen LogP contribution in [0.15, 0.2) is 0 Å². The molecule has 0 bridgehead atoms. The zero-order valence-corrected chi connectivity index (χ0v) is 5.52. The molecular weight excluding hydrogens is 209 g/mol. The van der Waals surface area contributed by atoms with E-state index < -0.39 is 11.7 Å². The van der Waals surface area contributed by atoms with Crippen LogP contribution in [0.25, 0.3) is 0 Å². The van der Waals surface area contributed by atoms with Crippen molar-refractivity contribution in [2.24, 2.45) is 5.73 Å². The zero-order valence-electron chi connectivity index (χ0n) is 3.36. The molecular formula is C2H4IN3O. The Kier molecular flexibility index (Phi) is 2.65. The summed E-state index contributed by atoms with van der Waals surface area (Å²) in [6, 6.07) is 0. The zero-order chi connectivity index (χ0) is 5.86. The second-order valence-corrected chi connectivity index (χ2v) is 1.38. The van der Waals surface area contributed by atoms with Crippen LogP contribution in [-0.2, 0) is 4.79 Å². The Balaban J connectivity index is 3.58. The number of hydrogen-bond donors (Lipinski definition) is 3. The van der Waals surface area contributed by atoms with Crippen molar-refractivity contribution in [3.63, 3.8) is 0 Å². The van der Waals surface area contributed by atoms with Gasteiger partial charge < -0.3 is 5.73 Å². The van der Waals surface area contributed by atoms with E-state index in [4.69, 9.17) is 11.1 Å². The lowest BCUT2D eigenvalue weighted by molar-refractivity contribution is -0.112. The molecule has 0 aromatic carbocycles. The van der Waals surface area contributed by atoms with Crippen LogP contribution in [0.2, 0.25) is 0 Å². The molecule has 0 unspecified atom stereocenters. The summed E-state index contributed by atoms with van der Waals surface area (Å²) in [6.45, 7) is 0. The van der Waals surface area contributed by atoms with Crippen LogP contribution in [0, 0.1) is 5.41 Å². The molecule has 4 N–H and O–H groups in total. The van der Waals surface area contributed by atoms with Crippen molar-refractivity contribution >= 4 is 34.6 Å². The van der Waals surface area contributed by atoms with E-state index in [0.29, 0.717) is 0 Å². The van der Waals surface area contributed by atoms with E-state index in [1.165, 1.54) is 0 Å². The number of amides is 1. The van der Waals surface area contributed by atoms with Crippen LogP contribution in [0.5, 0.6) is 0 Å². The summed E-state index contributed by atoms with van der Waals surface area (Å²) in [5.74, 6) is -1.02. The van der Waals surface area contributed by atoms with Crippen LogP contribution in [0.1, 0.15) is 0 Å². The Labute approximate surface area is 54.5 Å². The Morgan fingerprint density at radius 2 is 2.29 bits per heavy atom. The fourth-order valence-corrected chi connectivity index (χ4v) is 0.341. The van der Waals surface area contributed by atoms with Crippen molar-refractivity contribution in [1.29, 1.82) is 5.41 Å². The van der Waals surface area contributed by atoms with Gasteiger partial charge in [-0.25, -0.2) is 0 Å². The lowest BCUT2D eigenvalue weighted by atomic mass is 10.6. The average molecular weight is 213 g/mol. The maximum atomic E-state index is 10.0. The quantitative estimate of drug-likeness (QED) is 0.217. The normalized spacial score (nSPS) is 7.57. The van der Waals surface area contributed by atoms with Gasteiger partial charge in [-0.15, -0.1) is 0 Å². The number of carbonyl (C=O) groups excluding carboxylic acids is 1. The first kappa shape index (κ1) is 6.67. The summed E-state index contributed by atoms with van der Waals surface area (Å²) >= 11 is 1.61. The predicted octanol–water partition coefficient (Wildman–Crippen LogP) is -0.611. The summed E-state index contributed by atoms with van der Waals surface area (Å²) in [5.41, 5.74) is 4.71. The average Bonchev–Trinajstić information content (AvgIpc) is 1.65. The van der Waals surface area contributed by atoms with Gasteiger partial charge in [-0.05, 0) is 0 Å². The summed E-state index contributed by atoms with van der Waals surface area (Å²) in [7, 11) is 0. The van der Waals surface area contributed by atoms with Gasteiger partial charge in [-0.2, -0.15) is 0 Å². The van der Waals surface area contributed by atoms with Crippen LogP contribution in [0.3, 0.4) is 0 Å². The first-order valence-electron chi connectivity index (χ1n) is 1.43. The van der Waals surface area contributed by atoms with Gasteiger partial charge in [-0.3, -0.25) is 13.7 Å². The van der Waals surface area contributed by atoms with Gasteiger partial charge in [0.25, 0.3) is 5.91 Å². The molecule has 0 radical (unpaired) electrons. The summed E-state index contributed by atoms with van der Waals surface area (Å²) in [4.78, 5) is 10.0. The highest BCUT2D eigenvalue weighted by Gasteiger charge is 1.97. The summed E-state index contributed by atoms with van der Waals surface area (Å²) in [6.07, 6.45) is 0. The number of carbonyl (C=O) groups is 1. The minimum absolute atomic E-state index is 0.464. The van der Waals surface area contributed by atoms with Crippen LogP contribution in [-0.4, -0.2) is 11.7 Å². The highest BCUT2D eigenvalue weighted by atomic mass is 127. The number of halogens is 1. The van der Waals surface area contributed by atoms with Gasteiger partial charge in [-0.1, -0.05) is 0 Å². The highest BCUT2D eigenvalue weighted by molar-refractivity contribution is 14.1. The fraction of sp³-hybridized carbons (Fsp3) is 0. The van der Waals surface area contributed by atoms with Crippen molar-refractivity contribution in [2.45, 2.75) is 0 Å². The maximum absolute atomic E-state index is 10.0. The van der Waals surface area contributed by atoms with Gasteiger partial charge in [0.1, 0.15) is 0 Å². The Hall–Kier alpha value is -0.330. The van der Waals surface area contributed by atoms with Crippen molar-refractivity contribution < 1.29 is 4.79 Å². The number of nitrogens with one attached hydrogen (secondary N) is 2. The molecule has 0 aromatic heterocycles. The molecule has 0 atom stereocenters. The highest BCUT2D eigenvalue weighted by Crippen LogP contribution is 1.68. The largest absolute Gasteiger partial charge is 0.380 e. The first-order valence-corrected chi connectivity index (χ1v) is 2.51. The third kappa shape index (κ3) is 2.38. The van der Waals surface area contributed by atoms with Gasteiger partial charge in [0.05, 0.1) is 22.9 Å². The first-order chi connectivity index (χ1) is 3.18. The molecule has 0 aliphatic heterocycles. The number of nitrogens with two attached hydrogens (primary N) is 1. The van der Waals surface area contributed by atoms with Crippen LogP contribution >= 0.6 is 22.9 Å². The van der Waals surface area contributed by atoms with E-state index in [9.17, 15) is 4.79 Å². The van der Waals surface area contributed by atoms with E-state index in [2.05, 4.69) is 3.53 Å².